The Bertz CT molecular complexity index is 277. The fraction of sp³-hybridized carbons (Fsp3) is 0.833. The van der Waals surface area contributed by atoms with E-state index in [1.807, 2.05) is 13.8 Å². The van der Waals surface area contributed by atoms with E-state index >= 15 is 0 Å². The fourth-order valence-electron chi connectivity index (χ4n) is 1.41. The lowest BCUT2D eigenvalue weighted by atomic mass is 9.92. The minimum Gasteiger partial charge on any atom is -0.479 e. The van der Waals surface area contributed by atoms with Crippen molar-refractivity contribution in [3.63, 3.8) is 0 Å². The van der Waals surface area contributed by atoms with Crippen LogP contribution in [0.4, 0.5) is 0 Å². The Morgan fingerprint density at radius 3 is 2.00 bits per heavy atom. The van der Waals surface area contributed by atoms with Crippen molar-refractivity contribution in [2.75, 3.05) is 0 Å². The SMILES string of the molecule is CC(C)C[C@@H](C(=O)OC(C)(C)C)[C@H](O)C(=O)O. The summed E-state index contributed by atoms with van der Waals surface area (Å²) in [5.74, 6) is -2.99. The van der Waals surface area contributed by atoms with E-state index in [9.17, 15) is 14.7 Å². The highest BCUT2D eigenvalue weighted by atomic mass is 16.6. The number of ether oxygens (including phenoxy) is 1. The van der Waals surface area contributed by atoms with Gasteiger partial charge in [-0.2, -0.15) is 0 Å². The molecule has 0 radical (unpaired) electrons. The predicted molar refractivity (Wildman–Crippen MR) is 62.4 cm³/mol. The van der Waals surface area contributed by atoms with Crippen LogP contribution >= 0.6 is 0 Å². The second-order valence-electron chi connectivity index (χ2n) is 5.55. The zero-order valence-corrected chi connectivity index (χ0v) is 11.1. The minimum absolute atomic E-state index is 0.0986. The van der Waals surface area contributed by atoms with Crippen LogP contribution in [0, 0.1) is 11.8 Å². The number of esters is 1. The maximum absolute atomic E-state index is 11.8. The summed E-state index contributed by atoms with van der Waals surface area (Å²) in [5, 5.41) is 18.3. The van der Waals surface area contributed by atoms with Gasteiger partial charge >= 0.3 is 11.9 Å². The molecule has 0 aliphatic rings. The molecular formula is C12H22O5. The van der Waals surface area contributed by atoms with Gasteiger partial charge in [0.1, 0.15) is 5.60 Å². The molecule has 0 aliphatic heterocycles. The molecule has 0 aromatic carbocycles. The highest BCUT2D eigenvalue weighted by molar-refractivity contribution is 5.82. The summed E-state index contributed by atoms with van der Waals surface area (Å²) in [7, 11) is 0. The third-order valence-corrected chi connectivity index (χ3v) is 2.07. The zero-order chi connectivity index (χ0) is 13.8. The number of carbonyl (C=O) groups is 2. The van der Waals surface area contributed by atoms with Crippen molar-refractivity contribution in [2.45, 2.75) is 52.7 Å². The highest BCUT2D eigenvalue weighted by Crippen LogP contribution is 2.21. The Morgan fingerprint density at radius 2 is 1.71 bits per heavy atom. The lowest BCUT2D eigenvalue weighted by Gasteiger charge is -2.26. The van der Waals surface area contributed by atoms with Crippen molar-refractivity contribution in [2.24, 2.45) is 11.8 Å². The number of hydrogen-bond acceptors (Lipinski definition) is 4. The molecule has 0 saturated carbocycles. The normalized spacial score (nSPS) is 15.5. The van der Waals surface area contributed by atoms with Gasteiger partial charge in [-0.1, -0.05) is 13.8 Å². The summed E-state index contributed by atoms with van der Waals surface area (Å²) in [6.07, 6.45) is -1.44. The molecule has 0 spiro atoms. The standard InChI is InChI=1S/C12H22O5/c1-7(2)6-8(9(13)10(14)15)11(16)17-12(3,4)5/h7-9,13H,6H2,1-5H3,(H,14,15)/t8-,9+/m1/s1. The van der Waals surface area contributed by atoms with Gasteiger partial charge in [0.05, 0.1) is 5.92 Å². The maximum atomic E-state index is 11.8. The summed E-state index contributed by atoms with van der Waals surface area (Å²) in [4.78, 5) is 22.5. The monoisotopic (exact) mass is 246 g/mol. The second kappa shape index (κ2) is 6.00. The number of hydrogen-bond donors (Lipinski definition) is 2. The van der Waals surface area contributed by atoms with Crippen LogP contribution in [0.15, 0.2) is 0 Å². The summed E-state index contributed by atoms with van der Waals surface area (Å²) >= 11 is 0. The largest absolute Gasteiger partial charge is 0.479 e. The van der Waals surface area contributed by atoms with E-state index < -0.39 is 29.6 Å². The molecule has 0 heterocycles. The van der Waals surface area contributed by atoms with Gasteiger partial charge in [0.25, 0.3) is 0 Å². The predicted octanol–water partition coefficient (Wildman–Crippen LogP) is 1.44. The first-order valence-corrected chi connectivity index (χ1v) is 5.68. The van der Waals surface area contributed by atoms with E-state index in [1.54, 1.807) is 20.8 Å². The van der Waals surface area contributed by atoms with E-state index in [0.717, 1.165) is 0 Å². The highest BCUT2D eigenvalue weighted by Gasteiger charge is 2.35. The van der Waals surface area contributed by atoms with E-state index in [4.69, 9.17) is 9.84 Å². The van der Waals surface area contributed by atoms with Crippen molar-refractivity contribution in [3.05, 3.63) is 0 Å². The second-order valence-corrected chi connectivity index (χ2v) is 5.55. The maximum Gasteiger partial charge on any atom is 0.333 e. The van der Waals surface area contributed by atoms with Gasteiger partial charge in [0.15, 0.2) is 6.10 Å². The van der Waals surface area contributed by atoms with E-state index in [1.165, 1.54) is 0 Å². The molecule has 0 aromatic rings. The number of aliphatic hydroxyl groups excluding tert-OH is 1. The van der Waals surface area contributed by atoms with Gasteiger partial charge in [-0.15, -0.1) is 0 Å². The van der Waals surface area contributed by atoms with Crippen molar-refractivity contribution in [3.8, 4) is 0 Å². The quantitative estimate of drug-likeness (QED) is 0.717. The minimum atomic E-state index is -1.72. The Balaban J connectivity index is 4.80. The van der Waals surface area contributed by atoms with Crippen LogP contribution in [-0.4, -0.2) is 33.9 Å². The Labute approximate surface area is 102 Å². The van der Waals surface area contributed by atoms with Crippen molar-refractivity contribution in [1.29, 1.82) is 0 Å². The summed E-state index contributed by atoms with van der Waals surface area (Å²) in [6, 6.07) is 0. The summed E-state index contributed by atoms with van der Waals surface area (Å²) in [6.45, 7) is 8.80. The topological polar surface area (TPSA) is 83.8 Å². The van der Waals surface area contributed by atoms with Crippen LogP contribution in [0.25, 0.3) is 0 Å². The molecular weight excluding hydrogens is 224 g/mol. The van der Waals surface area contributed by atoms with Gasteiger partial charge in [0.2, 0.25) is 0 Å². The number of carbonyl (C=O) groups excluding carboxylic acids is 1. The van der Waals surface area contributed by atoms with Crippen LogP contribution in [-0.2, 0) is 14.3 Å². The van der Waals surface area contributed by atoms with Crippen LogP contribution in [0.5, 0.6) is 0 Å². The van der Waals surface area contributed by atoms with E-state index in [0.29, 0.717) is 0 Å². The van der Waals surface area contributed by atoms with Gasteiger partial charge in [-0.3, -0.25) is 4.79 Å². The van der Waals surface area contributed by atoms with Crippen molar-refractivity contribution >= 4 is 11.9 Å². The molecule has 0 unspecified atom stereocenters. The molecule has 0 aliphatic carbocycles. The molecule has 0 rings (SSSR count). The van der Waals surface area contributed by atoms with Gasteiger partial charge in [-0.25, -0.2) is 4.79 Å². The van der Waals surface area contributed by atoms with Gasteiger partial charge in [-0.05, 0) is 33.1 Å². The van der Waals surface area contributed by atoms with Crippen molar-refractivity contribution < 1.29 is 24.5 Å². The molecule has 0 saturated heterocycles. The third-order valence-electron chi connectivity index (χ3n) is 2.07. The van der Waals surface area contributed by atoms with Crippen LogP contribution in [0.3, 0.4) is 0 Å². The van der Waals surface area contributed by atoms with Crippen LogP contribution in [0.1, 0.15) is 41.0 Å². The fourth-order valence-corrected chi connectivity index (χ4v) is 1.41. The molecule has 100 valence electrons. The van der Waals surface area contributed by atoms with Crippen LogP contribution < -0.4 is 0 Å². The smallest absolute Gasteiger partial charge is 0.333 e. The van der Waals surface area contributed by atoms with Crippen LogP contribution in [0.2, 0.25) is 0 Å². The van der Waals surface area contributed by atoms with Crippen molar-refractivity contribution in [1.82, 2.24) is 0 Å². The first-order chi connectivity index (χ1) is 7.54. The molecule has 2 atom stereocenters. The molecule has 0 fully saturated rings. The molecule has 17 heavy (non-hydrogen) atoms. The Kier molecular flexibility index (Phi) is 5.61. The molecule has 2 N–H and O–H groups in total. The molecule has 0 bridgehead atoms. The Morgan fingerprint density at radius 1 is 1.24 bits per heavy atom. The lowest BCUT2D eigenvalue weighted by molar-refractivity contribution is -0.171. The number of carboxylic acids is 1. The Hall–Kier alpha value is -1.10. The number of carboxylic acid groups (broad SMARTS) is 1. The third kappa shape index (κ3) is 6.26. The lowest BCUT2D eigenvalue weighted by Crippen LogP contribution is -2.39. The first kappa shape index (κ1) is 15.9. The average Bonchev–Trinajstić information content (AvgIpc) is 2.09. The molecule has 0 amide bonds. The number of aliphatic hydroxyl groups is 1. The van der Waals surface area contributed by atoms with Gasteiger partial charge < -0.3 is 14.9 Å². The first-order valence-electron chi connectivity index (χ1n) is 5.68. The molecule has 0 aromatic heterocycles. The molecule has 5 heteroatoms. The molecule has 5 nitrogen and oxygen atoms in total. The number of aliphatic carboxylic acids is 1. The summed E-state index contributed by atoms with van der Waals surface area (Å²) in [5.41, 5.74) is -0.690. The number of rotatable bonds is 5. The van der Waals surface area contributed by atoms with E-state index in [-0.39, 0.29) is 12.3 Å². The summed E-state index contributed by atoms with van der Waals surface area (Å²) < 4.78 is 5.11. The van der Waals surface area contributed by atoms with E-state index in [2.05, 4.69) is 0 Å². The average molecular weight is 246 g/mol. The van der Waals surface area contributed by atoms with Gasteiger partial charge in [0, 0.05) is 0 Å². The zero-order valence-electron chi connectivity index (χ0n) is 11.1.